The third-order valence-electron chi connectivity index (χ3n) is 6.36. The van der Waals surface area contributed by atoms with E-state index in [1.54, 1.807) is 42.5 Å². The topological polar surface area (TPSA) is 97.3 Å². The number of aliphatic hydroxyl groups excluding tert-OH is 1. The van der Waals surface area contributed by atoms with Gasteiger partial charge in [-0.05, 0) is 74.8 Å². The van der Waals surface area contributed by atoms with Gasteiger partial charge in [-0.25, -0.2) is 0 Å². The number of amides is 1. The van der Waals surface area contributed by atoms with Crippen LogP contribution in [0.25, 0.3) is 0 Å². The predicted molar refractivity (Wildman–Crippen MR) is 131 cm³/mol. The number of ketones is 1. The number of fused-ring (bicyclic) bond motifs is 1. The van der Waals surface area contributed by atoms with Crippen LogP contribution in [0, 0.1) is 0 Å². The Kier molecular flexibility index (Phi) is 8.60. The highest BCUT2D eigenvalue weighted by molar-refractivity contribution is 5.98. The zero-order valence-corrected chi connectivity index (χ0v) is 20.2. The smallest absolute Gasteiger partial charge is 0.220 e. The van der Waals surface area contributed by atoms with Crippen molar-refractivity contribution in [1.29, 1.82) is 0 Å². The maximum absolute atomic E-state index is 12.8. The third-order valence-corrected chi connectivity index (χ3v) is 6.36. The lowest BCUT2D eigenvalue weighted by atomic mass is 10.00. The molecule has 8 heteroatoms. The number of ether oxygens (including phenoxy) is 3. The van der Waals surface area contributed by atoms with Crippen LogP contribution >= 0.6 is 0 Å². The van der Waals surface area contributed by atoms with Crippen molar-refractivity contribution in [2.24, 2.45) is 0 Å². The first-order valence-corrected chi connectivity index (χ1v) is 12.4. The monoisotopic (exact) mass is 482 g/mol. The summed E-state index contributed by atoms with van der Waals surface area (Å²) >= 11 is 0. The summed E-state index contributed by atoms with van der Waals surface area (Å²) in [4.78, 5) is 27.6. The first-order chi connectivity index (χ1) is 17.0. The van der Waals surface area contributed by atoms with Crippen LogP contribution < -0.4 is 19.5 Å². The molecule has 0 aromatic heterocycles. The second-order valence-corrected chi connectivity index (χ2v) is 8.91. The Morgan fingerprint density at radius 1 is 1.03 bits per heavy atom. The number of likely N-dealkylation sites (tertiary alicyclic amines) is 1. The average Bonchev–Trinajstić information content (AvgIpc) is 3.40. The Hall–Kier alpha value is -3.10. The normalized spacial score (nSPS) is 17.0. The molecule has 2 atom stereocenters. The number of aliphatic hydroxyl groups is 1. The maximum Gasteiger partial charge on any atom is 0.220 e. The standard InChI is InChI=1S/C27H34N2O6/c1-2-33-21-8-5-19(6-9-21)23(30)10-12-26(31)28-22(18-29-13-3-4-14-29)27(32)20-7-11-24-25(17-20)35-16-15-34-24/h5-9,11,17,22,27,32H,2-4,10,12-16,18H2,1H3,(H,28,31). The highest BCUT2D eigenvalue weighted by atomic mass is 16.6. The summed E-state index contributed by atoms with van der Waals surface area (Å²) in [7, 11) is 0. The van der Waals surface area contributed by atoms with E-state index >= 15 is 0 Å². The maximum atomic E-state index is 12.8. The van der Waals surface area contributed by atoms with E-state index in [9.17, 15) is 14.7 Å². The van der Waals surface area contributed by atoms with Gasteiger partial charge in [-0.3, -0.25) is 9.59 Å². The van der Waals surface area contributed by atoms with Crippen molar-refractivity contribution in [2.45, 2.75) is 44.8 Å². The SMILES string of the molecule is CCOc1ccc(C(=O)CCC(=O)NC(CN2CCCC2)C(O)c2ccc3c(c2)OCCO3)cc1. The van der Waals surface area contributed by atoms with Gasteiger partial charge in [-0.15, -0.1) is 0 Å². The summed E-state index contributed by atoms with van der Waals surface area (Å²) in [5.74, 6) is 1.59. The summed E-state index contributed by atoms with van der Waals surface area (Å²) in [6.07, 6.45) is 1.44. The van der Waals surface area contributed by atoms with Gasteiger partial charge in [0.25, 0.3) is 0 Å². The molecule has 2 aromatic carbocycles. The van der Waals surface area contributed by atoms with E-state index in [0.717, 1.165) is 25.9 Å². The lowest BCUT2D eigenvalue weighted by Crippen LogP contribution is -2.46. The van der Waals surface area contributed by atoms with Crippen LogP contribution in [0.4, 0.5) is 0 Å². The quantitative estimate of drug-likeness (QED) is 0.475. The Morgan fingerprint density at radius 2 is 1.74 bits per heavy atom. The van der Waals surface area contributed by atoms with Crippen LogP contribution in [0.1, 0.15) is 54.6 Å². The van der Waals surface area contributed by atoms with E-state index in [4.69, 9.17) is 14.2 Å². The predicted octanol–water partition coefficient (Wildman–Crippen LogP) is 3.13. The number of carbonyl (C=O) groups excluding carboxylic acids is 2. The van der Waals surface area contributed by atoms with Crippen molar-refractivity contribution >= 4 is 11.7 Å². The van der Waals surface area contributed by atoms with Gasteiger partial charge >= 0.3 is 0 Å². The molecule has 188 valence electrons. The molecule has 0 bridgehead atoms. The fraction of sp³-hybridized carbons (Fsp3) is 0.481. The summed E-state index contributed by atoms with van der Waals surface area (Å²) in [6, 6.07) is 11.8. The van der Waals surface area contributed by atoms with Crippen molar-refractivity contribution in [3.05, 3.63) is 53.6 Å². The molecule has 8 nitrogen and oxygen atoms in total. The zero-order chi connectivity index (χ0) is 24.6. The molecular weight excluding hydrogens is 448 g/mol. The number of nitrogens with zero attached hydrogens (tertiary/aromatic N) is 1. The fourth-order valence-electron chi connectivity index (χ4n) is 4.50. The van der Waals surface area contributed by atoms with Crippen LogP contribution in [-0.4, -0.2) is 67.2 Å². The largest absolute Gasteiger partial charge is 0.494 e. The van der Waals surface area contributed by atoms with Crippen LogP contribution in [0.3, 0.4) is 0 Å². The number of benzene rings is 2. The first kappa shape index (κ1) is 25.0. The number of nitrogens with one attached hydrogen (secondary N) is 1. The fourth-order valence-corrected chi connectivity index (χ4v) is 4.50. The Morgan fingerprint density at radius 3 is 2.46 bits per heavy atom. The minimum Gasteiger partial charge on any atom is -0.494 e. The van der Waals surface area contributed by atoms with Crippen molar-refractivity contribution in [1.82, 2.24) is 10.2 Å². The number of hydrogen-bond donors (Lipinski definition) is 2. The molecule has 1 amide bonds. The molecule has 0 radical (unpaired) electrons. The van der Waals surface area contributed by atoms with Gasteiger partial charge in [0.05, 0.1) is 12.6 Å². The summed E-state index contributed by atoms with van der Waals surface area (Å²) < 4.78 is 16.6. The van der Waals surface area contributed by atoms with E-state index in [0.29, 0.717) is 54.7 Å². The van der Waals surface area contributed by atoms with Crippen LogP contribution in [0.15, 0.2) is 42.5 Å². The molecule has 2 unspecified atom stereocenters. The highest BCUT2D eigenvalue weighted by Crippen LogP contribution is 2.33. The van der Waals surface area contributed by atoms with E-state index in [-0.39, 0.29) is 24.5 Å². The number of rotatable bonds is 11. The molecule has 0 saturated carbocycles. The van der Waals surface area contributed by atoms with Gasteiger partial charge in [0, 0.05) is 24.9 Å². The first-order valence-electron chi connectivity index (χ1n) is 12.4. The zero-order valence-electron chi connectivity index (χ0n) is 20.2. The molecular formula is C27H34N2O6. The number of carbonyl (C=O) groups is 2. The Balaban J connectivity index is 1.38. The van der Waals surface area contributed by atoms with Crippen LogP contribution in [0.5, 0.6) is 17.2 Å². The van der Waals surface area contributed by atoms with Gasteiger partial charge in [0.1, 0.15) is 25.1 Å². The molecule has 2 aliphatic heterocycles. The minimum absolute atomic E-state index is 0.0520. The molecule has 0 aliphatic carbocycles. The Labute approximate surface area is 206 Å². The van der Waals surface area contributed by atoms with Gasteiger partial charge in [0.15, 0.2) is 17.3 Å². The van der Waals surface area contributed by atoms with Crippen molar-refractivity contribution in [3.63, 3.8) is 0 Å². The molecule has 2 N–H and O–H groups in total. The second-order valence-electron chi connectivity index (χ2n) is 8.91. The number of hydrogen-bond acceptors (Lipinski definition) is 7. The van der Waals surface area contributed by atoms with Crippen LogP contribution in [-0.2, 0) is 4.79 Å². The van der Waals surface area contributed by atoms with Crippen molar-refractivity contribution in [2.75, 3.05) is 39.5 Å². The van der Waals surface area contributed by atoms with Crippen molar-refractivity contribution < 1.29 is 28.9 Å². The average molecular weight is 483 g/mol. The van der Waals surface area contributed by atoms with Gasteiger partial charge in [-0.2, -0.15) is 0 Å². The number of Topliss-reactive ketones (excluding diaryl/α,β-unsaturated/α-hetero) is 1. The molecule has 0 spiro atoms. The molecule has 4 rings (SSSR count). The van der Waals surface area contributed by atoms with E-state index in [1.165, 1.54) is 0 Å². The molecule has 1 fully saturated rings. The van der Waals surface area contributed by atoms with E-state index < -0.39 is 12.1 Å². The lowest BCUT2D eigenvalue weighted by Gasteiger charge is -2.29. The molecule has 35 heavy (non-hydrogen) atoms. The van der Waals surface area contributed by atoms with Gasteiger partial charge < -0.3 is 29.5 Å². The van der Waals surface area contributed by atoms with Gasteiger partial charge in [-0.1, -0.05) is 6.07 Å². The van der Waals surface area contributed by atoms with Crippen LogP contribution in [0.2, 0.25) is 0 Å². The highest BCUT2D eigenvalue weighted by Gasteiger charge is 2.28. The second kappa shape index (κ2) is 12.0. The third kappa shape index (κ3) is 6.74. The summed E-state index contributed by atoms with van der Waals surface area (Å²) in [6.45, 7) is 5.84. The molecule has 2 aliphatic rings. The Bertz CT molecular complexity index is 1000. The van der Waals surface area contributed by atoms with E-state index in [2.05, 4.69) is 10.2 Å². The summed E-state index contributed by atoms with van der Waals surface area (Å²) in [5.41, 5.74) is 1.20. The summed E-state index contributed by atoms with van der Waals surface area (Å²) in [5, 5.41) is 14.2. The molecule has 2 aromatic rings. The van der Waals surface area contributed by atoms with Crippen molar-refractivity contribution in [3.8, 4) is 17.2 Å². The molecule has 2 heterocycles. The lowest BCUT2D eigenvalue weighted by molar-refractivity contribution is -0.122. The molecule has 1 saturated heterocycles. The minimum atomic E-state index is -0.919. The van der Waals surface area contributed by atoms with E-state index in [1.807, 2.05) is 6.92 Å². The van der Waals surface area contributed by atoms with Gasteiger partial charge in [0.2, 0.25) is 5.91 Å².